The molecule has 0 aliphatic rings. The lowest BCUT2D eigenvalue weighted by atomic mass is 10.2. The Morgan fingerprint density at radius 1 is 1.22 bits per heavy atom. The molecule has 0 unspecified atom stereocenters. The van der Waals surface area contributed by atoms with Gasteiger partial charge in [0.05, 0.1) is 17.4 Å². The van der Waals surface area contributed by atoms with Crippen LogP contribution in [0.3, 0.4) is 0 Å². The van der Waals surface area contributed by atoms with Gasteiger partial charge in [-0.3, -0.25) is 4.98 Å². The van der Waals surface area contributed by atoms with Gasteiger partial charge in [0.25, 0.3) is 0 Å². The summed E-state index contributed by atoms with van der Waals surface area (Å²) in [6, 6.07) is 9.27. The predicted molar refractivity (Wildman–Crippen MR) is 69.6 cm³/mol. The average Bonchev–Trinajstić information content (AvgIpc) is 2.74. The number of nitrogens with zero attached hydrogens (tertiary/aromatic N) is 2. The number of fused-ring (bicyclic) bond motifs is 1. The Balaban J connectivity index is 2.05. The van der Waals surface area contributed by atoms with Crippen LogP contribution in [0.1, 0.15) is 5.56 Å². The number of anilines is 1. The van der Waals surface area contributed by atoms with E-state index in [0.717, 1.165) is 22.2 Å². The van der Waals surface area contributed by atoms with Gasteiger partial charge in [0.15, 0.2) is 0 Å². The van der Waals surface area contributed by atoms with Gasteiger partial charge in [-0.2, -0.15) is 0 Å². The Kier molecular flexibility index (Phi) is 2.48. The smallest absolute Gasteiger partial charge is 0.141 e. The highest BCUT2D eigenvalue weighted by molar-refractivity contribution is 5.90. The lowest BCUT2D eigenvalue weighted by Crippen LogP contribution is -2.01. The molecule has 0 fully saturated rings. The van der Waals surface area contributed by atoms with Gasteiger partial charge in [0, 0.05) is 24.3 Å². The number of pyridine rings is 1. The highest BCUT2D eigenvalue weighted by atomic mass is 19.1. The fourth-order valence-electron chi connectivity index (χ4n) is 2.16. The van der Waals surface area contributed by atoms with E-state index in [1.165, 1.54) is 12.3 Å². The van der Waals surface area contributed by atoms with Gasteiger partial charge in [-0.15, -0.1) is 0 Å². The number of para-hydroxylation sites is 1. The highest BCUT2D eigenvalue weighted by Crippen LogP contribution is 2.22. The van der Waals surface area contributed by atoms with Crippen LogP contribution >= 0.6 is 0 Å². The van der Waals surface area contributed by atoms with Gasteiger partial charge < -0.3 is 10.3 Å². The van der Waals surface area contributed by atoms with Gasteiger partial charge in [-0.25, -0.2) is 4.39 Å². The van der Waals surface area contributed by atoms with Crippen molar-refractivity contribution < 1.29 is 4.39 Å². The lowest BCUT2D eigenvalue weighted by Gasteiger charge is -2.07. The number of nitrogen functional groups attached to an aromatic ring is 1. The van der Waals surface area contributed by atoms with E-state index in [9.17, 15) is 4.39 Å². The van der Waals surface area contributed by atoms with Gasteiger partial charge in [0.2, 0.25) is 0 Å². The standard InChI is InChI=1S/C14H12FN3/c15-12-6-10(7-17-8-12)9-18-5-4-11-2-1-3-13(16)14(11)18/h1-8H,9,16H2. The van der Waals surface area contributed by atoms with Crippen LogP contribution in [-0.4, -0.2) is 9.55 Å². The summed E-state index contributed by atoms with van der Waals surface area (Å²) in [7, 11) is 0. The summed E-state index contributed by atoms with van der Waals surface area (Å²) < 4.78 is 15.1. The van der Waals surface area contributed by atoms with E-state index in [1.54, 1.807) is 6.20 Å². The Bertz CT molecular complexity index is 703. The zero-order chi connectivity index (χ0) is 12.5. The van der Waals surface area contributed by atoms with Crippen LogP contribution in [0.2, 0.25) is 0 Å². The molecular weight excluding hydrogens is 229 g/mol. The van der Waals surface area contributed by atoms with E-state index in [-0.39, 0.29) is 5.82 Å². The number of nitrogens with two attached hydrogens (primary N) is 1. The summed E-state index contributed by atoms with van der Waals surface area (Å²) in [6.07, 6.45) is 4.81. The van der Waals surface area contributed by atoms with Crippen molar-refractivity contribution in [1.82, 2.24) is 9.55 Å². The van der Waals surface area contributed by atoms with Crippen molar-refractivity contribution in [2.24, 2.45) is 0 Å². The van der Waals surface area contributed by atoms with Crippen molar-refractivity contribution in [2.75, 3.05) is 5.73 Å². The summed E-state index contributed by atoms with van der Waals surface area (Å²) in [4.78, 5) is 3.85. The molecule has 3 aromatic rings. The maximum atomic E-state index is 13.1. The van der Waals surface area contributed by atoms with E-state index >= 15 is 0 Å². The average molecular weight is 241 g/mol. The number of hydrogen-bond acceptors (Lipinski definition) is 2. The molecule has 2 N–H and O–H groups in total. The SMILES string of the molecule is Nc1cccc2ccn(Cc3cncc(F)c3)c12. The van der Waals surface area contributed by atoms with Crippen LogP contribution in [0, 0.1) is 5.82 Å². The molecule has 0 amide bonds. The normalized spacial score (nSPS) is 10.9. The molecule has 3 nitrogen and oxygen atoms in total. The number of rotatable bonds is 2. The minimum Gasteiger partial charge on any atom is -0.397 e. The Hall–Kier alpha value is -2.36. The number of benzene rings is 1. The third kappa shape index (κ3) is 1.82. The molecule has 4 heteroatoms. The highest BCUT2D eigenvalue weighted by Gasteiger charge is 2.05. The van der Waals surface area contributed by atoms with Crippen LogP contribution in [0.5, 0.6) is 0 Å². The fourth-order valence-corrected chi connectivity index (χ4v) is 2.16. The molecule has 0 radical (unpaired) electrons. The monoisotopic (exact) mass is 241 g/mol. The quantitative estimate of drug-likeness (QED) is 0.701. The molecule has 0 saturated heterocycles. The van der Waals surface area contributed by atoms with Crippen molar-refractivity contribution >= 4 is 16.6 Å². The van der Waals surface area contributed by atoms with E-state index in [0.29, 0.717) is 6.54 Å². The van der Waals surface area contributed by atoms with Crippen LogP contribution in [0.15, 0.2) is 48.9 Å². The molecule has 2 aromatic heterocycles. The van der Waals surface area contributed by atoms with Crippen LogP contribution in [0.4, 0.5) is 10.1 Å². The molecular formula is C14H12FN3. The number of hydrogen-bond donors (Lipinski definition) is 1. The van der Waals surface area contributed by atoms with Gasteiger partial charge >= 0.3 is 0 Å². The van der Waals surface area contributed by atoms with Crippen molar-refractivity contribution in [3.63, 3.8) is 0 Å². The molecule has 1 aromatic carbocycles. The summed E-state index contributed by atoms with van der Waals surface area (Å²) in [6.45, 7) is 0.558. The second-order valence-electron chi connectivity index (χ2n) is 4.24. The first kappa shape index (κ1) is 10.8. The first-order valence-corrected chi connectivity index (χ1v) is 5.67. The topological polar surface area (TPSA) is 43.8 Å². The number of aromatic nitrogens is 2. The van der Waals surface area contributed by atoms with Crippen molar-refractivity contribution in [3.8, 4) is 0 Å². The molecule has 0 atom stereocenters. The molecule has 0 aliphatic heterocycles. The molecule has 0 bridgehead atoms. The van der Waals surface area contributed by atoms with Crippen molar-refractivity contribution in [1.29, 1.82) is 0 Å². The third-order valence-corrected chi connectivity index (χ3v) is 2.93. The van der Waals surface area contributed by atoms with Crippen molar-refractivity contribution in [3.05, 3.63) is 60.3 Å². The fraction of sp³-hybridized carbons (Fsp3) is 0.0714. The predicted octanol–water partition coefficient (Wildman–Crippen LogP) is 2.81. The molecule has 18 heavy (non-hydrogen) atoms. The summed E-state index contributed by atoms with van der Waals surface area (Å²) >= 11 is 0. The van der Waals surface area contributed by atoms with E-state index in [4.69, 9.17) is 5.73 Å². The van der Waals surface area contributed by atoms with Gasteiger partial charge in [-0.1, -0.05) is 12.1 Å². The number of halogens is 1. The second-order valence-corrected chi connectivity index (χ2v) is 4.24. The Morgan fingerprint density at radius 3 is 2.94 bits per heavy atom. The van der Waals surface area contributed by atoms with Crippen LogP contribution in [-0.2, 0) is 6.54 Å². The summed E-state index contributed by atoms with van der Waals surface area (Å²) in [5.74, 6) is -0.322. The third-order valence-electron chi connectivity index (χ3n) is 2.93. The largest absolute Gasteiger partial charge is 0.397 e. The molecule has 0 saturated carbocycles. The van der Waals surface area contributed by atoms with Gasteiger partial charge in [0.1, 0.15) is 5.82 Å². The van der Waals surface area contributed by atoms with Gasteiger partial charge in [-0.05, 0) is 23.8 Å². The van der Waals surface area contributed by atoms with Crippen LogP contribution < -0.4 is 5.73 Å². The lowest BCUT2D eigenvalue weighted by molar-refractivity contribution is 0.617. The maximum absolute atomic E-state index is 13.1. The van der Waals surface area contributed by atoms with E-state index < -0.39 is 0 Å². The van der Waals surface area contributed by atoms with E-state index in [1.807, 2.05) is 35.0 Å². The molecule has 2 heterocycles. The Labute approximate surface area is 104 Å². The Morgan fingerprint density at radius 2 is 2.11 bits per heavy atom. The zero-order valence-electron chi connectivity index (χ0n) is 9.68. The summed E-state index contributed by atoms with van der Waals surface area (Å²) in [5.41, 5.74) is 8.49. The molecule has 0 aliphatic carbocycles. The molecule has 0 spiro atoms. The minimum atomic E-state index is -0.322. The van der Waals surface area contributed by atoms with E-state index in [2.05, 4.69) is 4.98 Å². The van der Waals surface area contributed by atoms with Crippen LogP contribution in [0.25, 0.3) is 10.9 Å². The first-order chi connectivity index (χ1) is 8.74. The second kappa shape index (κ2) is 4.14. The molecule has 90 valence electrons. The molecule has 3 rings (SSSR count). The zero-order valence-corrected chi connectivity index (χ0v) is 9.68. The first-order valence-electron chi connectivity index (χ1n) is 5.67. The minimum absolute atomic E-state index is 0.322. The summed E-state index contributed by atoms with van der Waals surface area (Å²) in [5, 5.41) is 1.08. The maximum Gasteiger partial charge on any atom is 0.141 e. The van der Waals surface area contributed by atoms with Crippen molar-refractivity contribution in [2.45, 2.75) is 6.54 Å².